The summed E-state index contributed by atoms with van der Waals surface area (Å²) < 4.78 is -1.57. The number of benzene rings is 2. The smallest absolute Gasteiger partial charge is 0.267 e. The highest BCUT2D eigenvalue weighted by Crippen LogP contribution is 2.35. The molecule has 0 saturated heterocycles. The molecule has 0 atom stereocenters. The molecule has 24 heavy (non-hydrogen) atoms. The Bertz CT molecular complexity index is 651. The molecule has 0 bridgehead atoms. The molecular weight excluding hydrogens is 512 g/mol. The fourth-order valence-corrected chi connectivity index (χ4v) is 5.88. The first-order chi connectivity index (χ1) is 11.4. The summed E-state index contributed by atoms with van der Waals surface area (Å²) in [4.78, 5) is 0. The predicted molar refractivity (Wildman–Crippen MR) is 118 cm³/mol. The van der Waals surface area contributed by atoms with Crippen molar-refractivity contribution in [3.05, 3.63) is 53.6 Å². The van der Waals surface area contributed by atoms with Gasteiger partial charge in [-0.25, -0.2) is 0 Å². The van der Waals surface area contributed by atoms with Gasteiger partial charge < -0.3 is 5.11 Å². The third-order valence-electron chi connectivity index (χ3n) is 4.08. The molecule has 2 rings (SSSR count). The lowest BCUT2D eigenvalue weighted by Gasteiger charge is -2.13. The normalized spacial score (nSPS) is 11.7. The minimum absolute atomic E-state index is 0.341. The fraction of sp³-hybridized carbons (Fsp3) is 0.368. The molecule has 0 aromatic heterocycles. The van der Waals surface area contributed by atoms with Crippen LogP contribution < -0.4 is 0 Å². The van der Waals surface area contributed by atoms with Crippen LogP contribution in [0.25, 0.3) is 11.1 Å². The van der Waals surface area contributed by atoms with Crippen molar-refractivity contribution in [2.75, 3.05) is 0 Å². The topological polar surface area (TPSA) is 20.2 Å². The van der Waals surface area contributed by atoms with Crippen molar-refractivity contribution in [3.8, 4) is 16.9 Å². The number of phenolic OH excluding ortho intramolecular Hbond substituents is 1. The summed E-state index contributed by atoms with van der Waals surface area (Å²) in [6, 6.07) is 15.7. The number of hydrogen-bond acceptors (Lipinski definition) is 1. The van der Waals surface area contributed by atoms with Crippen molar-refractivity contribution in [2.24, 2.45) is 0 Å². The van der Waals surface area contributed by atoms with Crippen LogP contribution in [0.15, 0.2) is 42.5 Å². The van der Waals surface area contributed by atoms with Gasteiger partial charge in [-0.3, -0.25) is 0 Å². The maximum Gasteiger partial charge on any atom is 0.267 e. The van der Waals surface area contributed by atoms with Crippen molar-refractivity contribution >= 4 is 49.8 Å². The van der Waals surface area contributed by atoms with Crippen molar-refractivity contribution in [1.82, 2.24) is 0 Å². The zero-order chi connectivity index (χ0) is 17.6. The van der Waals surface area contributed by atoms with Gasteiger partial charge in [-0.15, -0.1) is 0 Å². The lowest BCUT2D eigenvalue weighted by Crippen LogP contribution is -2.06. The van der Waals surface area contributed by atoms with E-state index in [0.29, 0.717) is 5.75 Å². The SMILES string of the molecule is CCCCc1ccc(-c2ccc(O)cc2CCC[Si](Br)(Br)Br)cc1. The highest BCUT2D eigenvalue weighted by Gasteiger charge is 2.21. The molecule has 0 spiro atoms. The van der Waals surface area contributed by atoms with Crippen LogP contribution in [-0.2, 0) is 12.8 Å². The first-order valence-corrected chi connectivity index (χ1v) is 17.3. The summed E-state index contributed by atoms with van der Waals surface area (Å²) in [5, 5.41) is 9.87. The molecule has 0 saturated carbocycles. The number of rotatable bonds is 8. The highest BCUT2D eigenvalue weighted by molar-refractivity contribution is 9.72. The van der Waals surface area contributed by atoms with Gasteiger partial charge in [0.1, 0.15) is 5.75 Å². The van der Waals surface area contributed by atoms with E-state index in [0.717, 1.165) is 25.3 Å². The van der Waals surface area contributed by atoms with E-state index in [4.69, 9.17) is 0 Å². The zero-order valence-corrected chi connectivity index (χ0v) is 19.6. The van der Waals surface area contributed by atoms with Gasteiger partial charge in [0.25, 0.3) is 3.93 Å². The summed E-state index contributed by atoms with van der Waals surface area (Å²) in [7, 11) is 0. The zero-order valence-electron chi connectivity index (χ0n) is 13.9. The number of phenols is 1. The van der Waals surface area contributed by atoms with Crippen LogP contribution in [0.1, 0.15) is 37.3 Å². The van der Waals surface area contributed by atoms with Gasteiger partial charge in [0.15, 0.2) is 0 Å². The minimum Gasteiger partial charge on any atom is -0.508 e. The predicted octanol–water partition coefficient (Wildman–Crippen LogP) is 7.46. The second-order valence-electron chi connectivity index (χ2n) is 6.11. The Morgan fingerprint density at radius 3 is 2.25 bits per heavy atom. The third kappa shape index (κ3) is 6.66. The Labute approximate surface area is 169 Å². The van der Waals surface area contributed by atoms with Crippen LogP contribution in [0, 0.1) is 0 Å². The van der Waals surface area contributed by atoms with Crippen LogP contribution in [0.2, 0.25) is 6.04 Å². The molecule has 0 amide bonds. The molecule has 0 aliphatic rings. The van der Waals surface area contributed by atoms with E-state index >= 15 is 0 Å². The van der Waals surface area contributed by atoms with Gasteiger partial charge in [0.05, 0.1) is 0 Å². The lowest BCUT2D eigenvalue weighted by molar-refractivity contribution is 0.474. The molecular formula is C19H23Br3OSi. The van der Waals surface area contributed by atoms with Gasteiger partial charge in [0, 0.05) is 0 Å². The van der Waals surface area contributed by atoms with Gasteiger partial charge in [-0.2, -0.15) is 0 Å². The summed E-state index contributed by atoms with van der Waals surface area (Å²) in [6.07, 6.45) is 5.63. The van der Waals surface area contributed by atoms with E-state index in [-0.39, 0.29) is 0 Å². The molecule has 2 aromatic carbocycles. The maximum atomic E-state index is 9.87. The quantitative estimate of drug-likeness (QED) is 0.275. The fourth-order valence-electron chi connectivity index (χ4n) is 2.78. The second kappa shape index (κ2) is 9.55. The van der Waals surface area contributed by atoms with Crippen LogP contribution >= 0.6 is 45.9 Å². The molecule has 130 valence electrons. The Morgan fingerprint density at radius 1 is 0.917 bits per heavy atom. The number of hydrogen-bond donors (Lipinski definition) is 1. The first-order valence-electron chi connectivity index (χ1n) is 8.37. The number of aromatic hydroxyl groups is 1. The molecule has 0 heterocycles. The lowest BCUT2D eigenvalue weighted by atomic mass is 9.95. The Balaban J connectivity index is 2.16. The van der Waals surface area contributed by atoms with Gasteiger partial charge in [0.2, 0.25) is 0 Å². The van der Waals surface area contributed by atoms with Crippen LogP contribution in [0.4, 0.5) is 0 Å². The summed E-state index contributed by atoms with van der Waals surface area (Å²) in [5.41, 5.74) is 5.06. The first kappa shape index (κ1) is 20.2. The average Bonchev–Trinajstić information content (AvgIpc) is 2.52. The van der Waals surface area contributed by atoms with Crippen molar-refractivity contribution in [3.63, 3.8) is 0 Å². The van der Waals surface area contributed by atoms with Crippen LogP contribution in [-0.4, -0.2) is 9.04 Å². The largest absolute Gasteiger partial charge is 0.508 e. The summed E-state index contributed by atoms with van der Waals surface area (Å²) in [6.45, 7) is 2.22. The molecule has 0 radical (unpaired) electrons. The van der Waals surface area contributed by atoms with E-state index in [1.165, 1.54) is 35.1 Å². The van der Waals surface area contributed by atoms with E-state index < -0.39 is 3.93 Å². The van der Waals surface area contributed by atoms with E-state index in [2.05, 4.69) is 77.1 Å². The second-order valence-corrected chi connectivity index (χ2v) is 29.6. The standard InChI is InChI=1S/C19H23Br3OSi/c1-2-3-5-15-7-9-16(10-8-15)19-12-11-18(23)14-17(19)6-4-13-24(20,21)22/h7-12,14,23H,2-6,13H2,1H3. The molecule has 2 aromatic rings. The minimum atomic E-state index is -1.57. The van der Waals surface area contributed by atoms with Gasteiger partial charge in [-0.05, 0) is 66.1 Å². The van der Waals surface area contributed by atoms with Crippen LogP contribution in [0.5, 0.6) is 5.75 Å². The van der Waals surface area contributed by atoms with E-state index in [9.17, 15) is 5.11 Å². The molecule has 5 heteroatoms. The summed E-state index contributed by atoms with van der Waals surface area (Å²) in [5.74, 6) is 0.341. The highest BCUT2D eigenvalue weighted by atomic mass is 80.0. The van der Waals surface area contributed by atoms with E-state index in [1.54, 1.807) is 6.07 Å². The Kier molecular flexibility index (Phi) is 8.05. The molecule has 1 N–H and O–H groups in total. The van der Waals surface area contributed by atoms with Gasteiger partial charge in [-0.1, -0.05) is 89.6 Å². The van der Waals surface area contributed by atoms with Crippen LogP contribution in [0.3, 0.4) is 0 Å². The number of unbranched alkanes of at least 4 members (excludes halogenated alkanes) is 1. The number of halogens is 3. The van der Waals surface area contributed by atoms with Crippen molar-refractivity contribution in [2.45, 2.75) is 45.1 Å². The summed E-state index contributed by atoms with van der Waals surface area (Å²) >= 11 is 11.0. The molecule has 0 unspecified atom stereocenters. The molecule has 0 fully saturated rings. The monoisotopic (exact) mass is 532 g/mol. The molecule has 0 aliphatic carbocycles. The van der Waals surface area contributed by atoms with E-state index in [1.807, 2.05) is 12.1 Å². The van der Waals surface area contributed by atoms with Crippen molar-refractivity contribution < 1.29 is 5.11 Å². The van der Waals surface area contributed by atoms with Gasteiger partial charge >= 0.3 is 0 Å². The average molecular weight is 535 g/mol. The van der Waals surface area contributed by atoms with Crippen molar-refractivity contribution in [1.29, 1.82) is 0 Å². The third-order valence-corrected chi connectivity index (χ3v) is 8.57. The molecule has 1 nitrogen and oxygen atoms in total. The Morgan fingerprint density at radius 2 is 1.62 bits per heavy atom. The molecule has 0 aliphatic heterocycles. The maximum absolute atomic E-state index is 9.87. The number of aryl methyl sites for hydroxylation is 2. The Hall–Kier alpha value is -0.103.